The fourth-order valence-electron chi connectivity index (χ4n) is 1.69. The fraction of sp³-hybridized carbons (Fsp3) is 0.688. The average Bonchev–Trinajstić information content (AvgIpc) is 2.36. The standard InChI is InChI=1S/C16H28O2/c1-3-5-6-7-8-9-10-11-12-13-15-18-16(17)14-4-2/h4,11-12,14H,3,5-10,13,15H2,1-2H3/b12-11-,14-4-. The summed E-state index contributed by atoms with van der Waals surface area (Å²) in [5.74, 6) is -0.248. The van der Waals surface area contributed by atoms with Gasteiger partial charge in [0.05, 0.1) is 6.61 Å². The van der Waals surface area contributed by atoms with E-state index in [-0.39, 0.29) is 5.97 Å². The Kier molecular flexibility index (Phi) is 13.2. The molecule has 0 atom stereocenters. The SMILES string of the molecule is C/C=C\C(=O)OCC/C=C\CCCCCCCC. The van der Waals surface area contributed by atoms with Gasteiger partial charge in [-0.15, -0.1) is 0 Å². The summed E-state index contributed by atoms with van der Waals surface area (Å²) in [5, 5.41) is 0. The highest BCUT2D eigenvalue weighted by Gasteiger charge is 1.93. The highest BCUT2D eigenvalue weighted by molar-refractivity contribution is 5.81. The van der Waals surface area contributed by atoms with Gasteiger partial charge in [-0.05, 0) is 26.2 Å². The Morgan fingerprint density at radius 1 is 1.00 bits per heavy atom. The minimum Gasteiger partial charge on any atom is -0.462 e. The van der Waals surface area contributed by atoms with Crippen LogP contribution in [-0.4, -0.2) is 12.6 Å². The molecule has 0 heterocycles. The molecule has 0 saturated carbocycles. The van der Waals surface area contributed by atoms with E-state index in [2.05, 4.69) is 19.1 Å². The molecule has 0 aliphatic heterocycles. The minimum atomic E-state index is -0.248. The third-order valence-electron chi connectivity index (χ3n) is 2.72. The van der Waals surface area contributed by atoms with Crippen molar-refractivity contribution in [3.05, 3.63) is 24.3 Å². The molecule has 0 aliphatic carbocycles. The second kappa shape index (κ2) is 14.0. The zero-order valence-corrected chi connectivity index (χ0v) is 12.0. The summed E-state index contributed by atoms with van der Waals surface area (Å²) in [6, 6.07) is 0. The van der Waals surface area contributed by atoms with E-state index in [0.717, 1.165) is 12.8 Å². The minimum absolute atomic E-state index is 0.248. The summed E-state index contributed by atoms with van der Waals surface area (Å²) in [7, 11) is 0. The maximum absolute atomic E-state index is 11.0. The molecule has 104 valence electrons. The Bertz CT molecular complexity index is 241. The second-order valence-electron chi connectivity index (χ2n) is 4.48. The molecule has 0 rings (SSSR count). The van der Waals surface area contributed by atoms with Crippen molar-refractivity contribution in [2.24, 2.45) is 0 Å². The highest BCUT2D eigenvalue weighted by atomic mass is 16.5. The van der Waals surface area contributed by atoms with E-state index in [1.807, 2.05) is 6.92 Å². The van der Waals surface area contributed by atoms with Gasteiger partial charge < -0.3 is 4.74 Å². The van der Waals surface area contributed by atoms with Crippen LogP contribution in [0.3, 0.4) is 0 Å². The van der Waals surface area contributed by atoms with Crippen LogP contribution in [-0.2, 0) is 9.53 Å². The first-order chi connectivity index (χ1) is 8.81. The van der Waals surface area contributed by atoms with Crippen molar-refractivity contribution in [1.82, 2.24) is 0 Å². The molecule has 0 radical (unpaired) electrons. The molecule has 2 heteroatoms. The number of carbonyl (C=O) groups excluding carboxylic acids is 1. The van der Waals surface area contributed by atoms with Crippen LogP contribution in [0, 0.1) is 0 Å². The molecule has 0 saturated heterocycles. The van der Waals surface area contributed by atoms with Crippen molar-refractivity contribution in [1.29, 1.82) is 0 Å². The lowest BCUT2D eigenvalue weighted by molar-refractivity contribution is -0.137. The van der Waals surface area contributed by atoms with Crippen molar-refractivity contribution in [3.63, 3.8) is 0 Å². The largest absolute Gasteiger partial charge is 0.462 e. The monoisotopic (exact) mass is 252 g/mol. The van der Waals surface area contributed by atoms with Crippen molar-refractivity contribution in [2.45, 2.75) is 65.2 Å². The van der Waals surface area contributed by atoms with E-state index in [4.69, 9.17) is 4.74 Å². The summed E-state index contributed by atoms with van der Waals surface area (Å²) in [6.07, 6.45) is 17.4. The van der Waals surface area contributed by atoms with Crippen LogP contribution >= 0.6 is 0 Å². The molecule has 0 N–H and O–H groups in total. The van der Waals surface area contributed by atoms with E-state index in [1.54, 1.807) is 6.08 Å². The fourth-order valence-corrected chi connectivity index (χ4v) is 1.69. The van der Waals surface area contributed by atoms with Crippen LogP contribution in [0.2, 0.25) is 0 Å². The lowest BCUT2D eigenvalue weighted by Crippen LogP contribution is -2.00. The Morgan fingerprint density at radius 3 is 2.39 bits per heavy atom. The van der Waals surface area contributed by atoms with Gasteiger partial charge in [0.25, 0.3) is 0 Å². The number of unbranched alkanes of at least 4 members (excludes halogenated alkanes) is 6. The Morgan fingerprint density at radius 2 is 1.67 bits per heavy atom. The summed E-state index contributed by atoms with van der Waals surface area (Å²) >= 11 is 0. The zero-order chi connectivity index (χ0) is 13.5. The molecule has 0 unspecified atom stereocenters. The zero-order valence-electron chi connectivity index (χ0n) is 12.0. The molecule has 0 aromatic carbocycles. The first-order valence-electron chi connectivity index (χ1n) is 7.25. The maximum atomic E-state index is 11.0. The van der Waals surface area contributed by atoms with Gasteiger partial charge in [0, 0.05) is 6.08 Å². The summed E-state index contributed by atoms with van der Waals surface area (Å²) < 4.78 is 4.98. The molecule has 0 bridgehead atoms. The maximum Gasteiger partial charge on any atom is 0.330 e. The number of ether oxygens (including phenoxy) is 1. The van der Waals surface area contributed by atoms with Crippen molar-refractivity contribution >= 4 is 5.97 Å². The predicted octanol–water partition coefficient (Wildman–Crippen LogP) is 4.80. The van der Waals surface area contributed by atoms with E-state index in [0.29, 0.717) is 6.61 Å². The Hall–Kier alpha value is -1.05. The number of allylic oxidation sites excluding steroid dienone is 2. The van der Waals surface area contributed by atoms with Crippen LogP contribution in [0.1, 0.15) is 65.2 Å². The van der Waals surface area contributed by atoms with Gasteiger partial charge in [-0.25, -0.2) is 4.79 Å². The number of carbonyl (C=O) groups is 1. The second-order valence-corrected chi connectivity index (χ2v) is 4.48. The molecule has 0 fully saturated rings. The van der Waals surface area contributed by atoms with Crippen molar-refractivity contribution < 1.29 is 9.53 Å². The highest BCUT2D eigenvalue weighted by Crippen LogP contribution is 2.07. The Labute approximate surface area is 112 Å². The van der Waals surface area contributed by atoms with E-state index in [1.165, 1.54) is 44.6 Å². The average molecular weight is 252 g/mol. The van der Waals surface area contributed by atoms with Gasteiger partial charge in [-0.2, -0.15) is 0 Å². The van der Waals surface area contributed by atoms with Gasteiger partial charge in [0.1, 0.15) is 0 Å². The van der Waals surface area contributed by atoms with Crippen LogP contribution < -0.4 is 0 Å². The third-order valence-corrected chi connectivity index (χ3v) is 2.72. The quantitative estimate of drug-likeness (QED) is 0.228. The molecular weight excluding hydrogens is 224 g/mol. The van der Waals surface area contributed by atoms with Crippen LogP contribution in [0.25, 0.3) is 0 Å². The summed E-state index contributed by atoms with van der Waals surface area (Å²) in [6.45, 7) is 4.53. The first kappa shape index (κ1) is 16.9. The number of esters is 1. The van der Waals surface area contributed by atoms with Crippen molar-refractivity contribution in [2.75, 3.05) is 6.61 Å². The molecule has 0 amide bonds. The van der Waals surface area contributed by atoms with E-state index >= 15 is 0 Å². The third kappa shape index (κ3) is 13.0. The molecule has 0 aliphatic rings. The lowest BCUT2D eigenvalue weighted by atomic mass is 10.1. The van der Waals surface area contributed by atoms with Crippen LogP contribution in [0.5, 0.6) is 0 Å². The van der Waals surface area contributed by atoms with E-state index in [9.17, 15) is 4.79 Å². The summed E-state index contributed by atoms with van der Waals surface area (Å²) in [4.78, 5) is 11.0. The Balaban J connectivity index is 3.21. The first-order valence-corrected chi connectivity index (χ1v) is 7.25. The molecule has 0 aromatic heterocycles. The van der Waals surface area contributed by atoms with Crippen molar-refractivity contribution in [3.8, 4) is 0 Å². The predicted molar refractivity (Wildman–Crippen MR) is 77.5 cm³/mol. The number of hydrogen-bond acceptors (Lipinski definition) is 2. The lowest BCUT2D eigenvalue weighted by Gasteiger charge is -1.99. The molecule has 2 nitrogen and oxygen atoms in total. The van der Waals surface area contributed by atoms with Gasteiger partial charge in [-0.1, -0.05) is 57.3 Å². The van der Waals surface area contributed by atoms with Crippen LogP contribution in [0.15, 0.2) is 24.3 Å². The van der Waals surface area contributed by atoms with E-state index < -0.39 is 0 Å². The van der Waals surface area contributed by atoms with Gasteiger partial charge >= 0.3 is 5.97 Å². The van der Waals surface area contributed by atoms with Gasteiger partial charge in [-0.3, -0.25) is 0 Å². The normalized spacial score (nSPS) is 11.4. The van der Waals surface area contributed by atoms with Crippen LogP contribution in [0.4, 0.5) is 0 Å². The summed E-state index contributed by atoms with van der Waals surface area (Å²) in [5.41, 5.74) is 0. The smallest absolute Gasteiger partial charge is 0.330 e. The van der Waals surface area contributed by atoms with Gasteiger partial charge in [0.15, 0.2) is 0 Å². The molecular formula is C16H28O2. The molecule has 0 spiro atoms. The van der Waals surface area contributed by atoms with Gasteiger partial charge in [0.2, 0.25) is 0 Å². The number of hydrogen-bond donors (Lipinski definition) is 0. The topological polar surface area (TPSA) is 26.3 Å². The number of rotatable bonds is 11. The molecule has 18 heavy (non-hydrogen) atoms. The molecule has 0 aromatic rings.